The first kappa shape index (κ1) is 12.3. The second-order valence-electron chi connectivity index (χ2n) is 4.20. The monoisotopic (exact) mass is 266 g/mol. The minimum Gasteiger partial charge on any atom is -0.493 e. The molecule has 0 radical (unpaired) electrons. The third-order valence-corrected chi connectivity index (χ3v) is 2.98. The quantitative estimate of drug-likeness (QED) is 0.728. The van der Waals surface area contributed by atoms with E-state index in [0.29, 0.717) is 6.61 Å². The molecular weight excluding hydrogens is 252 g/mol. The predicted octanol–water partition coefficient (Wildman–Crippen LogP) is 2.73. The summed E-state index contributed by atoms with van der Waals surface area (Å²) in [5, 5.41) is 11.3. The molecule has 5 nitrogen and oxygen atoms in total. The molecular formula is C15H14N4O. The Labute approximate surface area is 116 Å². The molecule has 3 aromatic rings. The summed E-state index contributed by atoms with van der Waals surface area (Å²) < 4.78 is 7.35. The standard InChI is InChI=1S/C15H14N4O/c1-2-20-15-10-6-4-8-13(15)12-7-3-5-9-14(12)19-11-16-17-18-19/h3-11H,2H2,1H3. The molecule has 0 aliphatic rings. The minimum absolute atomic E-state index is 0.629. The average Bonchev–Trinajstić information content (AvgIpc) is 3.02. The Kier molecular flexibility index (Phi) is 3.41. The topological polar surface area (TPSA) is 52.8 Å². The first-order chi connectivity index (χ1) is 9.90. The molecule has 2 aromatic carbocycles. The van der Waals surface area contributed by atoms with Gasteiger partial charge in [0.1, 0.15) is 12.1 Å². The van der Waals surface area contributed by atoms with Crippen molar-refractivity contribution >= 4 is 0 Å². The lowest BCUT2D eigenvalue weighted by Crippen LogP contribution is -2.00. The molecule has 20 heavy (non-hydrogen) atoms. The van der Waals surface area contributed by atoms with Gasteiger partial charge in [-0.3, -0.25) is 0 Å². The normalized spacial score (nSPS) is 10.4. The maximum Gasteiger partial charge on any atom is 0.143 e. The van der Waals surface area contributed by atoms with Gasteiger partial charge >= 0.3 is 0 Å². The van der Waals surface area contributed by atoms with E-state index in [9.17, 15) is 0 Å². The van der Waals surface area contributed by atoms with Crippen LogP contribution in [0.4, 0.5) is 0 Å². The maximum absolute atomic E-state index is 5.70. The Morgan fingerprint density at radius 3 is 2.50 bits per heavy atom. The largest absolute Gasteiger partial charge is 0.493 e. The summed E-state index contributed by atoms with van der Waals surface area (Å²) in [6.07, 6.45) is 1.59. The second kappa shape index (κ2) is 5.52. The molecule has 0 aliphatic heterocycles. The first-order valence-corrected chi connectivity index (χ1v) is 6.44. The summed E-state index contributed by atoms with van der Waals surface area (Å²) in [6.45, 7) is 2.61. The van der Waals surface area contributed by atoms with E-state index in [2.05, 4.69) is 15.5 Å². The molecule has 1 heterocycles. The van der Waals surface area contributed by atoms with Crippen molar-refractivity contribution in [3.8, 4) is 22.6 Å². The van der Waals surface area contributed by atoms with Crippen molar-refractivity contribution in [1.29, 1.82) is 0 Å². The highest BCUT2D eigenvalue weighted by Gasteiger charge is 2.11. The molecule has 0 atom stereocenters. The molecule has 0 saturated heterocycles. The van der Waals surface area contributed by atoms with E-state index in [-0.39, 0.29) is 0 Å². The van der Waals surface area contributed by atoms with E-state index < -0.39 is 0 Å². The van der Waals surface area contributed by atoms with Gasteiger partial charge in [0.15, 0.2) is 0 Å². The molecule has 0 fully saturated rings. The van der Waals surface area contributed by atoms with Crippen LogP contribution in [0.3, 0.4) is 0 Å². The highest BCUT2D eigenvalue weighted by molar-refractivity contribution is 5.77. The lowest BCUT2D eigenvalue weighted by molar-refractivity contribution is 0.341. The lowest BCUT2D eigenvalue weighted by Gasteiger charge is -2.13. The fraction of sp³-hybridized carbons (Fsp3) is 0.133. The van der Waals surface area contributed by atoms with Crippen molar-refractivity contribution in [1.82, 2.24) is 20.2 Å². The molecule has 100 valence electrons. The Bertz CT molecular complexity index is 695. The van der Waals surface area contributed by atoms with Gasteiger partial charge in [-0.15, -0.1) is 5.10 Å². The highest BCUT2D eigenvalue weighted by atomic mass is 16.5. The van der Waals surface area contributed by atoms with Gasteiger partial charge in [0.25, 0.3) is 0 Å². The third kappa shape index (κ3) is 2.25. The molecule has 0 bridgehead atoms. The predicted molar refractivity (Wildman–Crippen MR) is 75.8 cm³/mol. The smallest absolute Gasteiger partial charge is 0.143 e. The van der Waals surface area contributed by atoms with Crippen LogP contribution in [0.2, 0.25) is 0 Å². The van der Waals surface area contributed by atoms with Crippen LogP contribution in [0.25, 0.3) is 16.8 Å². The molecule has 0 aliphatic carbocycles. The van der Waals surface area contributed by atoms with Gasteiger partial charge in [0, 0.05) is 11.1 Å². The van der Waals surface area contributed by atoms with Gasteiger partial charge in [-0.2, -0.15) is 4.68 Å². The summed E-state index contributed by atoms with van der Waals surface area (Å²) in [7, 11) is 0. The number of rotatable bonds is 4. The molecule has 0 saturated carbocycles. The van der Waals surface area contributed by atoms with Gasteiger partial charge in [-0.1, -0.05) is 36.4 Å². The summed E-state index contributed by atoms with van der Waals surface area (Å²) >= 11 is 0. The average molecular weight is 266 g/mol. The van der Waals surface area contributed by atoms with E-state index in [0.717, 1.165) is 22.6 Å². The lowest BCUT2D eigenvalue weighted by atomic mass is 10.0. The van der Waals surface area contributed by atoms with E-state index in [1.54, 1.807) is 11.0 Å². The van der Waals surface area contributed by atoms with E-state index in [1.165, 1.54) is 0 Å². The first-order valence-electron chi connectivity index (χ1n) is 6.44. The van der Waals surface area contributed by atoms with Crippen LogP contribution in [0.15, 0.2) is 54.9 Å². The number of nitrogens with zero attached hydrogens (tertiary/aromatic N) is 4. The van der Waals surface area contributed by atoms with Crippen molar-refractivity contribution in [2.75, 3.05) is 6.61 Å². The summed E-state index contributed by atoms with van der Waals surface area (Å²) in [5.41, 5.74) is 2.98. The van der Waals surface area contributed by atoms with Crippen LogP contribution in [-0.2, 0) is 0 Å². The van der Waals surface area contributed by atoms with E-state index in [4.69, 9.17) is 4.74 Å². The number of aromatic nitrogens is 4. The summed E-state index contributed by atoms with van der Waals surface area (Å²) in [4.78, 5) is 0. The molecule has 0 unspecified atom stereocenters. The zero-order chi connectivity index (χ0) is 13.8. The van der Waals surface area contributed by atoms with Crippen LogP contribution in [0.5, 0.6) is 5.75 Å². The van der Waals surface area contributed by atoms with Crippen LogP contribution in [0, 0.1) is 0 Å². The SMILES string of the molecule is CCOc1ccccc1-c1ccccc1-n1cnnn1. The molecule has 1 aromatic heterocycles. The molecule has 0 amide bonds. The maximum atomic E-state index is 5.70. The van der Waals surface area contributed by atoms with Crippen molar-refractivity contribution in [3.05, 3.63) is 54.9 Å². The summed E-state index contributed by atoms with van der Waals surface area (Å²) in [6, 6.07) is 15.9. The number of ether oxygens (including phenoxy) is 1. The van der Waals surface area contributed by atoms with Gasteiger partial charge in [-0.25, -0.2) is 0 Å². The number of benzene rings is 2. The van der Waals surface area contributed by atoms with Gasteiger partial charge in [0.2, 0.25) is 0 Å². The number of para-hydroxylation sites is 2. The minimum atomic E-state index is 0.629. The zero-order valence-corrected chi connectivity index (χ0v) is 11.1. The van der Waals surface area contributed by atoms with Crippen LogP contribution < -0.4 is 4.74 Å². The Morgan fingerprint density at radius 2 is 1.75 bits per heavy atom. The molecule has 0 N–H and O–H groups in total. The van der Waals surface area contributed by atoms with Crippen molar-refractivity contribution in [2.24, 2.45) is 0 Å². The van der Waals surface area contributed by atoms with Crippen molar-refractivity contribution in [3.63, 3.8) is 0 Å². The fourth-order valence-electron chi connectivity index (χ4n) is 2.14. The van der Waals surface area contributed by atoms with Gasteiger partial charge < -0.3 is 4.74 Å². The second-order valence-corrected chi connectivity index (χ2v) is 4.20. The Hall–Kier alpha value is -2.69. The number of hydrogen-bond acceptors (Lipinski definition) is 4. The highest BCUT2D eigenvalue weighted by Crippen LogP contribution is 2.33. The van der Waals surface area contributed by atoms with Crippen molar-refractivity contribution < 1.29 is 4.74 Å². The van der Waals surface area contributed by atoms with Gasteiger partial charge in [0.05, 0.1) is 12.3 Å². The van der Waals surface area contributed by atoms with Crippen LogP contribution in [-0.4, -0.2) is 26.8 Å². The summed E-state index contributed by atoms with van der Waals surface area (Å²) in [5.74, 6) is 0.857. The van der Waals surface area contributed by atoms with Crippen LogP contribution in [0.1, 0.15) is 6.92 Å². The van der Waals surface area contributed by atoms with Crippen LogP contribution >= 0.6 is 0 Å². The Morgan fingerprint density at radius 1 is 1.00 bits per heavy atom. The van der Waals surface area contributed by atoms with E-state index in [1.807, 2.05) is 55.5 Å². The molecule has 5 heteroatoms. The zero-order valence-electron chi connectivity index (χ0n) is 11.1. The Balaban J connectivity index is 2.16. The number of tetrazole rings is 1. The number of hydrogen-bond donors (Lipinski definition) is 0. The fourth-order valence-corrected chi connectivity index (χ4v) is 2.14. The van der Waals surface area contributed by atoms with Gasteiger partial charge in [-0.05, 0) is 29.5 Å². The third-order valence-electron chi connectivity index (χ3n) is 2.98. The van der Waals surface area contributed by atoms with E-state index >= 15 is 0 Å². The molecule has 0 spiro atoms. The molecule has 3 rings (SSSR count). The van der Waals surface area contributed by atoms with Crippen molar-refractivity contribution in [2.45, 2.75) is 6.92 Å².